The van der Waals surface area contributed by atoms with Crippen LogP contribution >= 0.6 is 11.8 Å². The van der Waals surface area contributed by atoms with Crippen molar-refractivity contribution in [3.05, 3.63) is 29.8 Å². The second-order valence-electron chi connectivity index (χ2n) is 4.90. The van der Waals surface area contributed by atoms with Crippen LogP contribution in [0.15, 0.2) is 29.2 Å². The van der Waals surface area contributed by atoms with Gasteiger partial charge in [-0.1, -0.05) is 32.9 Å². The van der Waals surface area contributed by atoms with Crippen molar-refractivity contribution in [3.63, 3.8) is 0 Å². The van der Waals surface area contributed by atoms with Gasteiger partial charge in [0.15, 0.2) is 5.78 Å². The summed E-state index contributed by atoms with van der Waals surface area (Å²) in [5, 5.41) is 8.57. The lowest BCUT2D eigenvalue weighted by molar-refractivity contribution is -0.136. The summed E-state index contributed by atoms with van der Waals surface area (Å²) in [6.07, 6.45) is 1.12. The number of carbonyl (C=O) groups excluding carboxylic acids is 1. The standard InChI is InChI=1S/C15H20O3S/c1-4-14(15(17)18)19-12-7-5-11(6-8-12)13(16)9-10(2)3/h5-8,10,14H,4,9H2,1-3H3,(H,17,18). The van der Waals surface area contributed by atoms with Gasteiger partial charge in [0.2, 0.25) is 0 Å². The monoisotopic (exact) mass is 280 g/mol. The quantitative estimate of drug-likeness (QED) is 0.608. The van der Waals surface area contributed by atoms with Gasteiger partial charge in [0.1, 0.15) is 5.25 Å². The molecule has 1 N–H and O–H groups in total. The molecular weight excluding hydrogens is 260 g/mol. The molecule has 0 amide bonds. The first-order valence-corrected chi connectivity index (χ1v) is 7.34. The van der Waals surface area contributed by atoms with Crippen LogP contribution in [0.1, 0.15) is 44.0 Å². The maximum absolute atomic E-state index is 11.9. The molecule has 0 fully saturated rings. The largest absolute Gasteiger partial charge is 0.480 e. The average Bonchev–Trinajstić information content (AvgIpc) is 2.35. The van der Waals surface area contributed by atoms with E-state index in [-0.39, 0.29) is 5.78 Å². The van der Waals surface area contributed by atoms with E-state index in [4.69, 9.17) is 5.11 Å². The summed E-state index contributed by atoms with van der Waals surface area (Å²) in [6, 6.07) is 7.21. The highest BCUT2D eigenvalue weighted by atomic mass is 32.2. The summed E-state index contributed by atoms with van der Waals surface area (Å²) in [4.78, 5) is 23.7. The van der Waals surface area contributed by atoms with E-state index < -0.39 is 11.2 Å². The average molecular weight is 280 g/mol. The molecule has 1 aromatic rings. The van der Waals surface area contributed by atoms with Crippen LogP contribution in [-0.4, -0.2) is 22.1 Å². The van der Waals surface area contributed by atoms with E-state index in [1.165, 1.54) is 11.8 Å². The SMILES string of the molecule is CCC(Sc1ccc(C(=O)CC(C)C)cc1)C(=O)O. The summed E-state index contributed by atoms with van der Waals surface area (Å²) in [5.74, 6) is -0.317. The first kappa shape index (κ1) is 15.8. The minimum atomic E-state index is -0.799. The lowest BCUT2D eigenvalue weighted by atomic mass is 10.0. The first-order valence-electron chi connectivity index (χ1n) is 6.46. The third kappa shape index (κ3) is 5.07. The number of hydrogen-bond acceptors (Lipinski definition) is 3. The predicted molar refractivity (Wildman–Crippen MR) is 77.8 cm³/mol. The van der Waals surface area contributed by atoms with E-state index in [9.17, 15) is 9.59 Å². The lowest BCUT2D eigenvalue weighted by Gasteiger charge is -2.10. The van der Waals surface area contributed by atoms with Gasteiger partial charge < -0.3 is 5.11 Å². The molecule has 0 heterocycles. The zero-order valence-corrected chi connectivity index (χ0v) is 12.4. The molecule has 0 spiro atoms. The second-order valence-corrected chi connectivity index (χ2v) is 6.17. The molecule has 3 nitrogen and oxygen atoms in total. The van der Waals surface area contributed by atoms with Crippen LogP contribution in [0.5, 0.6) is 0 Å². The van der Waals surface area contributed by atoms with Crippen molar-refractivity contribution in [2.75, 3.05) is 0 Å². The molecule has 0 aliphatic heterocycles. The highest BCUT2D eigenvalue weighted by molar-refractivity contribution is 8.00. The fourth-order valence-corrected chi connectivity index (χ4v) is 2.57. The molecule has 0 saturated carbocycles. The van der Waals surface area contributed by atoms with Crippen LogP contribution in [-0.2, 0) is 4.79 Å². The fourth-order valence-electron chi connectivity index (χ4n) is 1.68. The Morgan fingerprint density at radius 3 is 2.21 bits per heavy atom. The van der Waals surface area contributed by atoms with Gasteiger partial charge in [-0.25, -0.2) is 0 Å². The van der Waals surface area contributed by atoms with Gasteiger partial charge in [-0.05, 0) is 24.5 Å². The summed E-state index contributed by atoms with van der Waals surface area (Å²) in [7, 11) is 0. The minimum Gasteiger partial charge on any atom is -0.480 e. The molecule has 0 saturated heterocycles. The molecule has 1 atom stereocenters. The Balaban J connectivity index is 2.71. The Morgan fingerprint density at radius 1 is 1.21 bits per heavy atom. The number of ketones is 1. The van der Waals surface area contributed by atoms with Crippen LogP contribution in [0, 0.1) is 5.92 Å². The molecule has 19 heavy (non-hydrogen) atoms. The Bertz CT molecular complexity index is 437. The van der Waals surface area contributed by atoms with Crippen LogP contribution in [0.4, 0.5) is 0 Å². The second kappa shape index (κ2) is 7.34. The summed E-state index contributed by atoms with van der Waals surface area (Å²) < 4.78 is 0. The van der Waals surface area contributed by atoms with E-state index in [0.717, 1.165) is 4.90 Å². The molecule has 1 unspecified atom stereocenters. The number of rotatable bonds is 7. The number of hydrogen-bond donors (Lipinski definition) is 1. The van der Waals surface area contributed by atoms with Gasteiger partial charge in [-0.15, -0.1) is 11.8 Å². The molecule has 0 bridgehead atoms. The van der Waals surface area contributed by atoms with Gasteiger partial charge in [0, 0.05) is 16.9 Å². The number of thioether (sulfide) groups is 1. The number of carboxylic acids is 1. The normalized spacial score (nSPS) is 12.4. The Hall–Kier alpha value is -1.29. The van der Waals surface area contributed by atoms with Crippen LogP contribution < -0.4 is 0 Å². The molecule has 0 aromatic heterocycles. The molecule has 0 aliphatic carbocycles. The zero-order chi connectivity index (χ0) is 14.4. The highest BCUT2D eigenvalue weighted by Crippen LogP contribution is 2.26. The summed E-state index contributed by atoms with van der Waals surface area (Å²) in [6.45, 7) is 5.88. The van der Waals surface area contributed by atoms with Gasteiger partial charge in [-0.2, -0.15) is 0 Å². The molecule has 1 rings (SSSR count). The van der Waals surface area contributed by atoms with Crippen LogP contribution in [0.2, 0.25) is 0 Å². The predicted octanol–water partition coefficient (Wildman–Crippen LogP) is 3.87. The van der Waals surface area contributed by atoms with Crippen LogP contribution in [0.25, 0.3) is 0 Å². The molecule has 0 aliphatic rings. The Kier molecular flexibility index (Phi) is 6.09. The Morgan fingerprint density at radius 2 is 1.79 bits per heavy atom. The van der Waals surface area contributed by atoms with E-state index in [2.05, 4.69) is 0 Å². The number of carbonyl (C=O) groups is 2. The number of carboxylic acid groups (broad SMARTS) is 1. The lowest BCUT2D eigenvalue weighted by Crippen LogP contribution is -2.14. The summed E-state index contributed by atoms with van der Waals surface area (Å²) >= 11 is 1.32. The van der Waals surface area contributed by atoms with E-state index >= 15 is 0 Å². The highest BCUT2D eigenvalue weighted by Gasteiger charge is 2.16. The minimum absolute atomic E-state index is 0.136. The smallest absolute Gasteiger partial charge is 0.316 e. The van der Waals surface area contributed by atoms with Gasteiger partial charge in [-0.3, -0.25) is 9.59 Å². The third-order valence-electron chi connectivity index (χ3n) is 2.69. The maximum atomic E-state index is 11.9. The number of Topliss-reactive ketones (excluding diaryl/α,β-unsaturated/α-hetero) is 1. The van der Waals surface area contributed by atoms with Crippen LogP contribution in [0.3, 0.4) is 0 Å². The molecule has 0 radical (unpaired) electrons. The Labute approximate surface area is 118 Å². The number of benzene rings is 1. The topological polar surface area (TPSA) is 54.4 Å². The van der Waals surface area contributed by atoms with Gasteiger partial charge >= 0.3 is 5.97 Å². The van der Waals surface area contributed by atoms with Crippen molar-refractivity contribution in [3.8, 4) is 0 Å². The molecular formula is C15H20O3S. The van der Waals surface area contributed by atoms with Crippen molar-refractivity contribution in [1.29, 1.82) is 0 Å². The van der Waals surface area contributed by atoms with E-state index in [1.807, 2.05) is 32.9 Å². The third-order valence-corrected chi connectivity index (χ3v) is 4.06. The fraction of sp³-hybridized carbons (Fsp3) is 0.467. The maximum Gasteiger partial charge on any atom is 0.316 e. The zero-order valence-electron chi connectivity index (χ0n) is 11.6. The molecule has 1 aromatic carbocycles. The van der Waals surface area contributed by atoms with Gasteiger partial charge in [0.05, 0.1) is 0 Å². The van der Waals surface area contributed by atoms with Crippen molar-refractivity contribution >= 4 is 23.5 Å². The van der Waals surface area contributed by atoms with Crippen molar-refractivity contribution < 1.29 is 14.7 Å². The summed E-state index contributed by atoms with van der Waals surface area (Å²) in [5.41, 5.74) is 0.696. The number of aliphatic carboxylic acids is 1. The molecule has 4 heteroatoms. The van der Waals surface area contributed by atoms with E-state index in [1.54, 1.807) is 12.1 Å². The van der Waals surface area contributed by atoms with Crippen molar-refractivity contribution in [1.82, 2.24) is 0 Å². The van der Waals surface area contributed by atoms with Gasteiger partial charge in [0.25, 0.3) is 0 Å². The van der Waals surface area contributed by atoms with Crippen molar-refractivity contribution in [2.24, 2.45) is 5.92 Å². The van der Waals surface area contributed by atoms with Crippen molar-refractivity contribution in [2.45, 2.75) is 43.8 Å². The first-order chi connectivity index (χ1) is 8.93. The molecule has 104 valence electrons. The van der Waals surface area contributed by atoms with E-state index in [0.29, 0.717) is 24.3 Å².